The number of aliphatic carboxylic acids is 1. The maximum atomic E-state index is 12.6. The summed E-state index contributed by atoms with van der Waals surface area (Å²) in [5, 5.41) is 9.86. The fourth-order valence-electron chi connectivity index (χ4n) is 4.33. The first-order valence-electron chi connectivity index (χ1n) is 8.99. The topological polar surface area (TPSA) is 81.2 Å². The summed E-state index contributed by atoms with van der Waals surface area (Å²) in [6.07, 6.45) is 0.546. The molecule has 0 saturated carbocycles. The molecule has 0 aromatic heterocycles. The minimum atomic E-state index is -3.49. The number of likely N-dealkylation sites (tertiary alicyclic amines) is 1. The Bertz CT molecular complexity index is 799. The molecule has 1 aromatic carbocycles. The van der Waals surface area contributed by atoms with Gasteiger partial charge in [0.2, 0.25) is 0 Å². The normalized spacial score (nSPS) is 26.6. The molecule has 3 rings (SSSR count). The number of fused-ring (bicyclic) bond motifs is 1. The fourth-order valence-corrected chi connectivity index (χ4v) is 5.71. The van der Waals surface area contributed by atoms with Crippen LogP contribution in [-0.4, -0.2) is 73.3 Å². The summed E-state index contributed by atoms with van der Waals surface area (Å²) in [4.78, 5) is 13.5. The van der Waals surface area contributed by atoms with Crippen LogP contribution in [0.5, 0.6) is 0 Å². The van der Waals surface area contributed by atoms with Crippen LogP contribution < -0.4 is 0 Å². The van der Waals surface area contributed by atoms with Gasteiger partial charge in [0.25, 0.3) is 10.2 Å². The van der Waals surface area contributed by atoms with E-state index in [4.69, 9.17) is 16.7 Å². The van der Waals surface area contributed by atoms with Crippen molar-refractivity contribution in [2.24, 2.45) is 11.3 Å². The SMILES string of the molecule is CN(C)S(=O)(=O)N1CC2CN(Cc3ccc(Cl)cc3)CC2(CCC(=O)O)C1. The number of benzene rings is 1. The second-order valence-electron chi connectivity index (χ2n) is 7.83. The highest BCUT2D eigenvalue weighted by Crippen LogP contribution is 2.47. The molecule has 0 radical (unpaired) electrons. The molecule has 27 heavy (non-hydrogen) atoms. The van der Waals surface area contributed by atoms with Gasteiger partial charge in [-0.1, -0.05) is 23.7 Å². The highest BCUT2D eigenvalue weighted by Gasteiger charge is 2.54. The minimum Gasteiger partial charge on any atom is -0.481 e. The lowest BCUT2D eigenvalue weighted by atomic mass is 9.77. The highest BCUT2D eigenvalue weighted by molar-refractivity contribution is 7.86. The lowest BCUT2D eigenvalue weighted by Gasteiger charge is -2.29. The summed E-state index contributed by atoms with van der Waals surface area (Å²) in [6, 6.07) is 7.70. The van der Waals surface area contributed by atoms with Crippen molar-refractivity contribution in [2.45, 2.75) is 19.4 Å². The van der Waals surface area contributed by atoms with Crippen LogP contribution >= 0.6 is 11.6 Å². The van der Waals surface area contributed by atoms with Crippen LogP contribution in [0.25, 0.3) is 0 Å². The van der Waals surface area contributed by atoms with Gasteiger partial charge in [0, 0.05) is 63.7 Å². The van der Waals surface area contributed by atoms with E-state index < -0.39 is 16.2 Å². The summed E-state index contributed by atoms with van der Waals surface area (Å²) >= 11 is 5.95. The van der Waals surface area contributed by atoms with E-state index in [2.05, 4.69) is 4.90 Å². The molecule has 1 aromatic rings. The van der Waals surface area contributed by atoms with Crippen LogP contribution in [-0.2, 0) is 21.5 Å². The molecule has 2 unspecified atom stereocenters. The van der Waals surface area contributed by atoms with Crippen LogP contribution in [0.1, 0.15) is 18.4 Å². The van der Waals surface area contributed by atoms with E-state index >= 15 is 0 Å². The fraction of sp³-hybridized carbons (Fsp3) is 0.611. The number of hydrogen-bond donors (Lipinski definition) is 1. The van der Waals surface area contributed by atoms with Gasteiger partial charge in [-0.05, 0) is 30.0 Å². The summed E-state index contributed by atoms with van der Waals surface area (Å²) in [5.41, 5.74) is 0.832. The van der Waals surface area contributed by atoms with Gasteiger partial charge in [-0.25, -0.2) is 0 Å². The summed E-state index contributed by atoms with van der Waals surface area (Å²) in [7, 11) is -0.434. The van der Waals surface area contributed by atoms with Gasteiger partial charge in [0.1, 0.15) is 0 Å². The predicted octanol–water partition coefficient (Wildman–Crippen LogP) is 1.75. The van der Waals surface area contributed by atoms with Crippen molar-refractivity contribution >= 4 is 27.8 Å². The first-order chi connectivity index (χ1) is 12.6. The van der Waals surface area contributed by atoms with Crippen molar-refractivity contribution in [3.05, 3.63) is 34.9 Å². The molecule has 2 fully saturated rings. The molecule has 150 valence electrons. The van der Waals surface area contributed by atoms with Crippen molar-refractivity contribution in [2.75, 3.05) is 40.3 Å². The minimum absolute atomic E-state index is 0.0567. The molecular formula is C18H26ClN3O4S. The lowest BCUT2D eigenvalue weighted by molar-refractivity contribution is -0.137. The molecular weight excluding hydrogens is 390 g/mol. The van der Waals surface area contributed by atoms with Crippen LogP contribution in [0.3, 0.4) is 0 Å². The number of halogens is 1. The Balaban J connectivity index is 1.76. The zero-order chi connectivity index (χ0) is 19.8. The van der Waals surface area contributed by atoms with E-state index in [-0.39, 0.29) is 17.8 Å². The van der Waals surface area contributed by atoms with Crippen molar-refractivity contribution in [1.82, 2.24) is 13.5 Å². The van der Waals surface area contributed by atoms with Gasteiger partial charge in [0.05, 0.1) is 0 Å². The lowest BCUT2D eigenvalue weighted by Crippen LogP contribution is -2.42. The zero-order valence-corrected chi connectivity index (χ0v) is 17.2. The highest BCUT2D eigenvalue weighted by atomic mass is 35.5. The molecule has 2 saturated heterocycles. The molecule has 2 atom stereocenters. The molecule has 7 nitrogen and oxygen atoms in total. The number of carboxylic acids is 1. The van der Waals surface area contributed by atoms with Crippen LogP contribution in [0.4, 0.5) is 0 Å². The van der Waals surface area contributed by atoms with E-state index in [1.165, 1.54) is 22.7 Å². The third kappa shape index (κ3) is 4.30. The first kappa shape index (κ1) is 20.5. The van der Waals surface area contributed by atoms with Crippen molar-refractivity contribution in [3.63, 3.8) is 0 Å². The number of hydrogen-bond acceptors (Lipinski definition) is 4. The maximum Gasteiger partial charge on any atom is 0.303 e. The number of nitrogens with zero attached hydrogens (tertiary/aromatic N) is 3. The average molecular weight is 416 g/mol. The van der Waals surface area contributed by atoms with Crippen molar-refractivity contribution < 1.29 is 18.3 Å². The van der Waals surface area contributed by atoms with Gasteiger partial charge in [-0.15, -0.1) is 0 Å². The van der Waals surface area contributed by atoms with Gasteiger partial charge in [-0.3, -0.25) is 9.69 Å². The summed E-state index contributed by atoms with van der Waals surface area (Å²) in [6.45, 7) is 3.04. The van der Waals surface area contributed by atoms with E-state index in [1.807, 2.05) is 24.3 Å². The monoisotopic (exact) mass is 415 g/mol. The summed E-state index contributed by atoms with van der Waals surface area (Å²) in [5.74, 6) is -0.702. The summed E-state index contributed by atoms with van der Waals surface area (Å²) < 4.78 is 27.9. The van der Waals surface area contributed by atoms with Crippen LogP contribution in [0.2, 0.25) is 5.02 Å². The predicted molar refractivity (Wildman–Crippen MR) is 104 cm³/mol. The van der Waals surface area contributed by atoms with E-state index in [1.54, 1.807) is 0 Å². The Morgan fingerprint density at radius 3 is 2.52 bits per heavy atom. The van der Waals surface area contributed by atoms with Crippen LogP contribution in [0.15, 0.2) is 24.3 Å². The zero-order valence-electron chi connectivity index (χ0n) is 15.6. The Kier molecular flexibility index (Phi) is 5.84. The van der Waals surface area contributed by atoms with Gasteiger partial charge in [-0.2, -0.15) is 17.0 Å². The molecule has 2 heterocycles. The smallest absolute Gasteiger partial charge is 0.303 e. The van der Waals surface area contributed by atoms with Gasteiger partial charge >= 0.3 is 5.97 Å². The molecule has 0 aliphatic carbocycles. The Labute approximate surface area is 165 Å². The average Bonchev–Trinajstić information content (AvgIpc) is 3.09. The second-order valence-corrected chi connectivity index (χ2v) is 10.4. The van der Waals surface area contributed by atoms with E-state index in [9.17, 15) is 13.2 Å². The number of carboxylic acid groups (broad SMARTS) is 1. The third-order valence-corrected chi connectivity index (χ3v) is 7.85. The molecule has 9 heteroatoms. The Morgan fingerprint density at radius 2 is 1.93 bits per heavy atom. The third-order valence-electron chi connectivity index (χ3n) is 5.74. The standard InChI is InChI=1S/C18H26ClN3O4S/c1-20(2)27(25,26)22-11-15-10-21(9-14-3-5-16(19)6-4-14)12-18(15,13-22)8-7-17(23)24/h3-6,15H,7-13H2,1-2H3,(H,23,24). The Morgan fingerprint density at radius 1 is 1.26 bits per heavy atom. The van der Waals surface area contributed by atoms with Gasteiger partial charge in [0.15, 0.2) is 0 Å². The van der Waals surface area contributed by atoms with Crippen molar-refractivity contribution in [3.8, 4) is 0 Å². The van der Waals surface area contributed by atoms with Crippen LogP contribution in [0, 0.1) is 11.3 Å². The molecule has 0 bridgehead atoms. The van der Waals surface area contributed by atoms with E-state index in [0.29, 0.717) is 31.1 Å². The first-order valence-corrected chi connectivity index (χ1v) is 10.8. The molecule has 0 amide bonds. The maximum absolute atomic E-state index is 12.6. The molecule has 2 aliphatic rings. The number of rotatable bonds is 7. The second kappa shape index (κ2) is 7.67. The molecule has 0 spiro atoms. The van der Waals surface area contributed by atoms with E-state index in [0.717, 1.165) is 18.7 Å². The largest absolute Gasteiger partial charge is 0.481 e. The Hall–Kier alpha value is -1.19. The van der Waals surface area contributed by atoms with Crippen molar-refractivity contribution in [1.29, 1.82) is 0 Å². The number of carbonyl (C=O) groups is 1. The molecule has 2 aliphatic heterocycles. The quantitative estimate of drug-likeness (QED) is 0.733. The van der Waals surface area contributed by atoms with Gasteiger partial charge < -0.3 is 5.11 Å². The molecule has 1 N–H and O–H groups in total.